The van der Waals surface area contributed by atoms with Crippen molar-refractivity contribution in [3.8, 4) is 0 Å². The van der Waals surface area contributed by atoms with Crippen molar-refractivity contribution < 1.29 is 0 Å². The molecule has 0 unspecified atom stereocenters. The summed E-state index contributed by atoms with van der Waals surface area (Å²) in [6, 6.07) is 0. The van der Waals surface area contributed by atoms with Crippen LogP contribution in [0.25, 0.3) is 0 Å². The molecule has 0 aromatic rings. The summed E-state index contributed by atoms with van der Waals surface area (Å²) in [5, 5.41) is 0. The quantitative estimate of drug-likeness (QED) is 0.627. The van der Waals surface area contributed by atoms with Crippen molar-refractivity contribution in [2.24, 2.45) is 0 Å². The zero-order valence-electron chi connectivity index (χ0n) is 8.74. The molecule has 0 heterocycles. The van der Waals surface area contributed by atoms with Gasteiger partial charge in [0.15, 0.2) is 0 Å². The Morgan fingerprint density at radius 3 is 1.18 bits per heavy atom. The van der Waals surface area contributed by atoms with Crippen LogP contribution in [-0.4, -0.2) is 18.4 Å². The predicted octanol–water partition coefficient (Wildman–Crippen LogP) is 4.30. The number of hydrogen-bond acceptors (Lipinski definition) is 0. The van der Waals surface area contributed by atoms with Crippen LogP contribution in [0.15, 0.2) is 0 Å². The number of rotatable bonds is 6. The van der Waals surface area contributed by atoms with E-state index in [1.54, 1.807) is 13.3 Å². The van der Waals surface area contributed by atoms with Crippen LogP contribution in [0.3, 0.4) is 0 Å². The Morgan fingerprint density at radius 2 is 1.00 bits per heavy atom. The van der Waals surface area contributed by atoms with E-state index < -0.39 is 18.4 Å². The van der Waals surface area contributed by atoms with Crippen LogP contribution in [0.4, 0.5) is 0 Å². The first kappa shape index (κ1) is 11.8. The third-order valence-electron chi connectivity index (χ3n) is 2.56. The van der Waals surface area contributed by atoms with E-state index in [9.17, 15) is 0 Å². The molecule has 0 fully saturated rings. The molecular weight excluding hydrogens is 239 g/mol. The maximum absolute atomic E-state index is 2.66. The van der Waals surface area contributed by atoms with Gasteiger partial charge in [-0.25, -0.2) is 0 Å². The van der Waals surface area contributed by atoms with Gasteiger partial charge in [0.1, 0.15) is 0 Å². The van der Waals surface area contributed by atoms with Gasteiger partial charge in [0.2, 0.25) is 0 Å². The van der Waals surface area contributed by atoms with E-state index in [2.05, 4.69) is 25.7 Å². The van der Waals surface area contributed by atoms with Crippen LogP contribution in [-0.2, 0) is 0 Å². The second-order valence-electron chi connectivity index (χ2n) is 4.06. The van der Waals surface area contributed by atoms with Crippen molar-refractivity contribution in [2.75, 3.05) is 0 Å². The van der Waals surface area contributed by atoms with Crippen molar-refractivity contribution in [2.45, 2.75) is 58.3 Å². The zero-order valence-corrected chi connectivity index (χ0v) is 11.6. The zero-order chi connectivity index (χ0) is 8.74. The van der Waals surface area contributed by atoms with Crippen molar-refractivity contribution in [1.82, 2.24) is 0 Å². The van der Waals surface area contributed by atoms with Gasteiger partial charge in [-0.05, 0) is 0 Å². The summed E-state index contributed by atoms with van der Waals surface area (Å²) < 4.78 is 4.86. The van der Waals surface area contributed by atoms with Gasteiger partial charge in [0.05, 0.1) is 0 Å². The fraction of sp³-hybridized carbons (Fsp3) is 1.00. The van der Waals surface area contributed by atoms with Crippen LogP contribution in [0.5, 0.6) is 0 Å². The van der Waals surface area contributed by atoms with Gasteiger partial charge in [-0.15, -0.1) is 0 Å². The van der Waals surface area contributed by atoms with E-state index in [0.717, 1.165) is 0 Å². The SMILES string of the molecule is CC[CH2][Sn]([CH3])([CH2]CC)[CH2]CC. The van der Waals surface area contributed by atoms with Crippen LogP contribution in [0.1, 0.15) is 40.0 Å². The fourth-order valence-corrected chi connectivity index (χ4v) is 14.7. The molecule has 0 aliphatic carbocycles. The van der Waals surface area contributed by atoms with Crippen LogP contribution in [0.2, 0.25) is 18.2 Å². The molecule has 0 aliphatic heterocycles. The molecule has 11 heavy (non-hydrogen) atoms. The standard InChI is InChI=1S/3C3H7.CH3.Sn/c3*1-3-2;;/h3*1,3H2,2H3;1H3;. The molecule has 0 saturated carbocycles. The summed E-state index contributed by atoms with van der Waals surface area (Å²) >= 11 is -1.47. The van der Waals surface area contributed by atoms with E-state index in [1.165, 1.54) is 19.3 Å². The summed E-state index contributed by atoms with van der Waals surface area (Å²) in [6.45, 7) is 7.04. The first-order valence-corrected chi connectivity index (χ1v) is 14.1. The van der Waals surface area contributed by atoms with E-state index in [4.69, 9.17) is 0 Å². The van der Waals surface area contributed by atoms with E-state index >= 15 is 0 Å². The molecule has 0 bridgehead atoms. The van der Waals surface area contributed by atoms with Crippen molar-refractivity contribution in [3.05, 3.63) is 0 Å². The van der Waals surface area contributed by atoms with E-state index in [-0.39, 0.29) is 0 Å². The minimum atomic E-state index is -1.47. The Hall–Kier alpha value is 0.799. The van der Waals surface area contributed by atoms with E-state index in [1.807, 2.05) is 0 Å². The topological polar surface area (TPSA) is 0 Å². The molecule has 0 amide bonds. The molecule has 0 spiro atoms. The summed E-state index contributed by atoms with van der Waals surface area (Å²) in [7, 11) is 0. The van der Waals surface area contributed by atoms with Crippen molar-refractivity contribution >= 4 is 18.4 Å². The third kappa shape index (κ3) is 5.10. The average molecular weight is 263 g/mol. The Bertz CT molecular complexity index is 71.9. The monoisotopic (exact) mass is 264 g/mol. The Morgan fingerprint density at radius 1 is 0.727 bits per heavy atom. The first-order chi connectivity index (χ1) is 5.18. The molecule has 0 nitrogen and oxygen atoms in total. The van der Waals surface area contributed by atoms with Crippen molar-refractivity contribution in [3.63, 3.8) is 0 Å². The van der Waals surface area contributed by atoms with Crippen LogP contribution in [0, 0.1) is 0 Å². The second kappa shape index (κ2) is 6.33. The average Bonchev–Trinajstić information content (AvgIpc) is 1.88. The summed E-state index contributed by atoms with van der Waals surface area (Å²) in [5.74, 6) is 0. The third-order valence-corrected chi connectivity index (χ3v) is 17.2. The molecular formula is C10H24Sn. The van der Waals surface area contributed by atoms with Gasteiger partial charge in [0, 0.05) is 0 Å². The molecule has 0 radical (unpaired) electrons. The molecule has 1 heteroatoms. The molecule has 0 N–H and O–H groups in total. The second-order valence-corrected chi connectivity index (χ2v) is 18.7. The van der Waals surface area contributed by atoms with Gasteiger partial charge in [-0.1, -0.05) is 0 Å². The molecule has 0 rings (SSSR count). The van der Waals surface area contributed by atoms with Gasteiger partial charge < -0.3 is 0 Å². The summed E-state index contributed by atoms with van der Waals surface area (Å²) in [4.78, 5) is 2.66. The Balaban J connectivity index is 3.79. The maximum atomic E-state index is 2.66. The van der Waals surface area contributed by atoms with E-state index in [0.29, 0.717) is 0 Å². The van der Waals surface area contributed by atoms with Crippen LogP contribution < -0.4 is 0 Å². The van der Waals surface area contributed by atoms with Crippen LogP contribution >= 0.6 is 0 Å². The molecule has 0 saturated heterocycles. The van der Waals surface area contributed by atoms with Gasteiger partial charge in [-0.3, -0.25) is 0 Å². The molecule has 0 atom stereocenters. The van der Waals surface area contributed by atoms with Crippen molar-refractivity contribution in [1.29, 1.82) is 0 Å². The molecule has 68 valence electrons. The number of hydrogen-bond donors (Lipinski definition) is 0. The normalized spacial score (nSPS) is 12.0. The summed E-state index contributed by atoms with van der Waals surface area (Å²) in [6.07, 6.45) is 4.31. The van der Waals surface area contributed by atoms with Gasteiger partial charge in [-0.2, -0.15) is 0 Å². The molecule has 0 aromatic heterocycles. The van der Waals surface area contributed by atoms with Gasteiger partial charge >= 0.3 is 76.7 Å². The molecule has 0 aromatic carbocycles. The summed E-state index contributed by atoms with van der Waals surface area (Å²) in [5.41, 5.74) is 0. The fourth-order valence-electron chi connectivity index (χ4n) is 2.19. The molecule has 0 aliphatic rings. The minimum absolute atomic E-state index is 1.44. The Kier molecular flexibility index (Phi) is 6.79. The Labute approximate surface area is 76.6 Å². The first-order valence-electron chi connectivity index (χ1n) is 5.18. The van der Waals surface area contributed by atoms with Gasteiger partial charge in [0.25, 0.3) is 0 Å². The predicted molar refractivity (Wildman–Crippen MR) is 56.9 cm³/mol.